The van der Waals surface area contributed by atoms with E-state index in [0.29, 0.717) is 16.8 Å². The van der Waals surface area contributed by atoms with E-state index in [4.69, 9.17) is 16.3 Å². The summed E-state index contributed by atoms with van der Waals surface area (Å²) in [7, 11) is 0. The van der Waals surface area contributed by atoms with Gasteiger partial charge in [-0.15, -0.1) is 0 Å². The van der Waals surface area contributed by atoms with Crippen LogP contribution in [0.2, 0.25) is 5.02 Å². The van der Waals surface area contributed by atoms with E-state index in [1.54, 1.807) is 24.3 Å². The largest absolute Gasteiger partial charge is 0.454 e. The molecular weight excluding hydrogens is 375 g/mol. The lowest BCUT2D eigenvalue weighted by Crippen LogP contribution is -2.32. The highest BCUT2D eigenvalue weighted by atomic mass is 35.5. The molecule has 0 atom stereocenters. The molecule has 1 N–H and O–H groups in total. The van der Waals surface area contributed by atoms with E-state index in [1.807, 2.05) is 0 Å². The fourth-order valence-electron chi connectivity index (χ4n) is 2.60. The first-order valence-corrected chi connectivity index (χ1v) is 8.25. The second kappa shape index (κ2) is 7.59. The minimum atomic E-state index is -0.788. The number of nitrogens with one attached hydrogen (secondary N) is 1. The highest BCUT2D eigenvalue weighted by Crippen LogP contribution is 2.30. The molecular formula is C19H14ClFN2O4. The van der Waals surface area contributed by atoms with Crippen molar-refractivity contribution in [3.63, 3.8) is 0 Å². The second-order valence-electron chi connectivity index (χ2n) is 5.72. The highest BCUT2D eigenvalue weighted by molar-refractivity contribution is 6.30. The monoisotopic (exact) mass is 388 g/mol. The molecule has 6 nitrogen and oxygen atoms in total. The molecule has 3 rings (SSSR count). The van der Waals surface area contributed by atoms with Gasteiger partial charge in [-0.3, -0.25) is 19.3 Å². The van der Waals surface area contributed by atoms with Gasteiger partial charge in [-0.1, -0.05) is 36.4 Å². The molecule has 138 valence electrons. The van der Waals surface area contributed by atoms with E-state index in [-0.39, 0.29) is 23.2 Å². The van der Waals surface area contributed by atoms with Crippen molar-refractivity contribution in [3.8, 4) is 0 Å². The van der Waals surface area contributed by atoms with Crippen LogP contribution in [0, 0.1) is 5.82 Å². The lowest BCUT2D eigenvalue weighted by molar-refractivity contribution is -0.147. The fourth-order valence-corrected chi connectivity index (χ4v) is 2.76. The molecule has 2 amide bonds. The number of esters is 1. The predicted molar refractivity (Wildman–Crippen MR) is 97.5 cm³/mol. The Kier molecular flexibility index (Phi) is 5.23. The Morgan fingerprint density at radius 2 is 1.89 bits per heavy atom. The van der Waals surface area contributed by atoms with Gasteiger partial charge in [0.15, 0.2) is 6.61 Å². The molecule has 0 spiro atoms. The maximum Gasteiger partial charge on any atom is 0.326 e. The van der Waals surface area contributed by atoms with Gasteiger partial charge in [-0.2, -0.15) is 0 Å². The van der Waals surface area contributed by atoms with Crippen LogP contribution in [-0.2, 0) is 14.3 Å². The molecule has 1 aliphatic heterocycles. The molecule has 2 aromatic rings. The Bertz CT molecular complexity index is 925. The number of anilines is 1. The molecule has 0 unspecified atom stereocenters. The summed E-state index contributed by atoms with van der Waals surface area (Å²) in [4.78, 5) is 37.3. The predicted octanol–water partition coefficient (Wildman–Crippen LogP) is 3.09. The van der Waals surface area contributed by atoms with Gasteiger partial charge in [0.25, 0.3) is 11.8 Å². The molecule has 0 fully saturated rings. The number of hydrogen-bond acceptors (Lipinski definition) is 4. The number of amides is 2. The van der Waals surface area contributed by atoms with Gasteiger partial charge in [0.1, 0.15) is 12.4 Å². The normalized spacial score (nSPS) is 12.7. The molecule has 0 radical (unpaired) electrons. The van der Waals surface area contributed by atoms with E-state index >= 15 is 0 Å². The third-order valence-electron chi connectivity index (χ3n) is 3.90. The van der Waals surface area contributed by atoms with Crippen LogP contribution in [-0.4, -0.2) is 35.8 Å². The quantitative estimate of drug-likeness (QED) is 0.799. The standard InChI is InChI=1S/C19H14ClFN2O4/c1-11-13-4-2-3-5-14(13)19(26)23(11)9-18(25)27-10-17(24)22-16-7-6-12(20)8-15(16)21/h2-8H,1,9-10H2,(H,22,24). The van der Waals surface area contributed by atoms with E-state index in [2.05, 4.69) is 11.9 Å². The maximum absolute atomic E-state index is 13.6. The Morgan fingerprint density at radius 3 is 2.56 bits per heavy atom. The molecule has 1 aliphatic rings. The lowest BCUT2D eigenvalue weighted by Gasteiger charge is -2.16. The molecule has 8 heteroatoms. The molecule has 27 heavy (non-hydrogen) atoms. The maximum atomic E-state index is 13.6. The van der Waals surface area contributed by atoms with Gasteiger partial charge in [-0.25, -0.2) is 4.39 Å². The van der Waals surface area contributed by atoms with Crippen molar-refractivity contribution in [1.29, 1.82) is 0 Å². The number of rotatable bonds is 5. The Labute approximate surface area is 159 Å². The molecule has 0 saturated carbocycles. The SMILES string of the molecule is C=C1c2ccccc2C(=O)N1CC(=O)OCC(=O)Nc1ccc(Cl)cc1F. The van der Waals surface area contributed by atoms with Crippen molar-refractivity contribution in [2.75, 3.05) is 18.5 Å². The van der Waals surface area contributed by atoms with E-state index in [0.717, 1.165) is 6.07 Å². The molecule has 0 bridgehead atoms. The summed E-state index contributed by atoms with van der Waals surface area (Å²) in [6, 6.07) is 10.6. The number of hydrogen-bond donors (Lipinski definition) is 1. The highest BCUT2D eigenvalue weighted by Gasteiger charge is 2.32. The van der Waals surface area contributed by atoms with Crippen LogP contribution in [0.5, 0.6) is 0 Å². The summed E-state index contributed by atoms with van der Waals surface area (Å²) in [6.07, 6.45) is 0. The first-order valence-electron chi connectivity index (χ1n) is 7.87. The average Bonchev–Trinajstić information content (AvgIpc) is 2.88. The summed E-state index contributed by atoms with van der Waals surface area (Å²) in [5, 5.41) is 2.46. The van der Waals surface area contributed by atoms with Crippen LogP contribution in [0.15, 0.2) is 49.0 Å². The van der Waals surface area contributed by atoms with E-state index < -0.39 is 24.3 Å². The van der Waals surface area contributed by atoms with E-state index in [9.17, 15) is 18.8 Å². The van der Waals surface area contributed by atoms with Gasteiger partial charge >= 0.3 is 5.97 Å². The number of carbonyl (C=O) groups is 3. The second-order valence-corrected chi connectivity index (χ2v) is 6.15. The molecule has 0 saturated heterocycles. The summed E-state index contributed by atoms with van der Waals surface area (Å²) in [5.41, 5.74) is 1.40. The smallest absolute Gasteiger partial charge is 0.326 e. The van der Waals surface area contributed by atoms with Crippen molar-refractivity contribution in [3.05, 3.63) is 71.0 Å². The Morgan fingerprint density at radius 1 is 1.19 bits per heavy atom. The minimum Gasteiger partial charge on any atom is -0.454 e. The van der Waals surface area contributed by atoms with Crippen molar-refractivity contribution in [2.24, 2.45) is 0 Å². The lowest BCUT2D eigenvalue weighted by atomic mass is 10.1. The average molecular weight is 389 g/mol. The van der Waals surface area contributed by atoms with Crippen LogP contribution in [0.3, 0.4) is 0 Å². The Hall–Kier alpha value is -3.19. The van der Waals surface area contributed by atoms with E-state index in [1.165, 1.54) is 17.0 Å². The molecule has 2 aromatic carbocycles. The fraction of sp³-hybridized carbons (Fsp3) is 0.105. The summed E-state index contributed by atoms with van der Waals surface area (Å²) < 4.78 is 18.5. The topological polar surface area (TPSA) is 75.7 Å². The number of ether oxygens (including phenoxy) is 1. The zero-order valence-corrected chi connectivity index (χ0v) is 14.8. The van der Waals surface area contributed by atoms with Gasteiger partial charge in [0, 0.05) is 21.8 Å². The number of benzene rings is 2. The van der Waals surface area contributed by atoms with Crippen LogP contribution < -0.4 is 5.32 Å². The first-order chi connectivity index (χ1) is 12.9. The summed E-state index contributed by atoms with van der Waals surface area (Å²) in [6.45, 7) is 2.81. The van der Waals surface area contributed by atoms with Crippen LogP contribution in [0.25, 0.3) is 5.70 Å². The molecule has 0 aromatic heterocycles. The number of halogens is 2. The third kappa shape index (κ3) is 3.98. The van der Waals surface area contributed by atoms with Crippen molar-refractivity contribution < 1.29 is 23.5 Å². The first kappa shape index (κ1) is 18.6. The molecule has 0 aliphatic carbocycles. The molecule has 1 heterocycles. The van der Waals surface area contributed by atoms with Crippen molar-refractivity contribution in [2.45, 2.75) is 0 Å². The number of fused-ring (bicyclic) bond motifs is 1. The zero-order chi connectivity index (χ0) is 19.6. The van der Waals surface area contributed by atoms with Gasteiger partial charge in [-0.05, 0) is 24.3 Å². The van der Waals surface area contributed by atoms with Gasteiger partial charge < -0.3 is 10.1 Å². The van der Waals surface area contributed by atoms with Crippen LogP contribution in [0.1, 0.15) is 15.9 Å². The summed E-state index contributed by atoms with van der Waals surface area (Å²) >= 11 is 5.63. The summed E-state index contributed by atoms with van der Waals surface area (Å²) in [5.74, 6) is -2.58. The van der Waals surface area contributed by atoms with Crippen molar-refractivity contribution in [1.82, 2.24) is 4.90 Å². The van der Waals surface area contributed by atoms with Crippen molar-refractivity contribution >= 4 is 40.8 Å². The van der Waals surface area contributed by atoms with Crippen LogP contribution in [0.4, 0.5) is 10.1 Å². The van der Waals surface area contributed by atoms with Gasteiger partial charge in [0.05, 0.1) is 5.69 Å². The number of nitrogens with zero attached hydrogens (tertiary/aromatic N) is 1. The Balaban J connectivity index is 1.54. The zero-order valence-electron chi connectivity index (χ0n) is 14.0. The van der Waals surface area contributed by atoms with Crippen LogP contribution >= 0.6 is 11.6 Å². The number of carbonyl (C=O) groups excluding carboxylic acids is 3. The van der Waals surface area contributed by atoms with Gasteiger partial charge in [0.2, 0.25) is 0 Å². The minimum absolute atomic E-state index is 0.0843. The third-order valence-corrected chi connectivity index (χ3v) is 4.13.